The number of hydrogen-bond donors (Lipinski definition) is 0. The molecule has 1 amide bonds. The minimum absolute atomic E-state index is 0.0271. The van der Waals surface area contributed by atoms with Crippen molar-refractivity contribution in [3.8, 4) is 5.88 Å². The maximum atomic E-state index is 13.1. The van der Waals surface area contributed by atoms with Crippen molar-refractivity contribution in [1.82, 2.24) is 19.9 Å². The molecule has 3 fully saturated rings. The van der Waals surface area contributed by atoms with E-state index in [1.807, 2.05) is 0 Å². The van der Waals surface area contributed by atoms with E-state index in [-0.39, 0.29) is 30.3 Å². The Balaban J connectivity index is 1.28. The summed E-state index contributed by atoms with van der Waals surface area (Å²) >= 11 is 0. The van der Waals surface area contributed by atoms with Gasteiger partial charge < -0.3 is 14.5 Å². The summed E-state index contributed by atoms with van der Waals surface area (Å²) in [7, 11) is 0. The van der Waals surface area contributed by atoms with Crippen molar-refractivity contribution in [3.05, 3.63) is 42.0 Å². The molecule has 5 rings (SSSR count). The Bertz CT molecular complexity index is 964. The molecule has 2 atom stereocenters. The van der Waals surface area contributed by atoms with Crippen LogP contribution in [0.4, 0.5) is 19.0 Å². The van der Waals surface area contributed by atoms with Crippen LogP contribution >= 0.6 is 0 Å². The third-order valence-corrected chi connectivity index (χ3v) is 6.00. The number of fused-ring (bicyclic) bond motifs is 1. The van der Waals surface area contributed by atoms with Crippen molar-refractivity contribution in [3.63, 3.8) is 0 Å². The van der Waals surface area contributed by atoms with Gasteiger partial charge in [0.25, 0.3) is 0 Å². The normalized spacial score (nSPS) is 24.2. The van der Waals surface area contributed by atoms with Crippen LogP contribution in [-0.2, 0) is 11.0 Å². The van der Waals surface area contributed by atoms with Crippen LogP contribution < -0.4 is 9.64 Å². The highest BCUT2D eigenvalue weighted by atomic mass is 19.4. The number of carbonyl (C=O) groups excluding carboxylic acids is 1. The van der Waals surface area contributed by atoms with Crippen molar-refractivity contribution >= 4 is 11.7 Å². The Labute approximate surface area is 177 Å². The largest absolute Gasteiger partial charge is 0.471 e. The number of carbonyl (C=O) groups is 1. The second-order valence-electron chi connectivity index (χ2n) is 8.30. The molecular weight excluding hydrogens is 411 g/mol. The quantitative estimate of drug-likeness (QED) is 0.738. The van der Waals surface area contributed by atoms with Crippen LogP contribution in [0, 0.1) is 0 Å². The van der Waals surface area contributed by atoms with Crippen molar-refractivity contribution in [2.75, 3.05) is 24.5 Å². The van der Waals surface area contributed by atoms with Gasteiger partial charge in [-0.05, 0) is 25.0 Å². The molecule has 0 radical (unpaired) electrons. The highest BCUT2D eigenvalue weighted by Crippen LogP contribution is 2.38. The van der Waals surface area contributed by atoms with Gasteiger partial charge in [0.15, 0.2) is 0 Å². The summed E-state index contributed by atoms with van der Waals surface area (Å²) in [6, 6.07) is 3.69. The summed E-state index contributed by atoms with van der Waals surface area (Å²) in [6.07, 6.45) is 1.71. The van der Waals surface area contributed by atoms with Gasteiger partial charge in [0.1, 0.15) is 17.6 Å². The highest BCUT2D eigenvalue weighted by Gasteiger charge is 2.40. The third-order valence-electron chi connectivity index (χ3n) is 6.00. The van der Waals surface area contributed by atoms with E-state index in [1.165, 1.54) is 6.07 Å². The lowest BCUT2D eigenvalue weighted by atomic mass is 10.2. The zero-order valence-corrected chi connectivity index (χ0v) is 16.8. The van der Waals surface area contributed by atoms with E-state index in [4.69, 9.17) is 4.74 Å². The first-order valence-corrected chi connectivity index (χ1v) is 10.4. The average molecular weight is 433 g/mol. The topological polar surface area (TPSA) is 71.5 Å². The van der Waals surface area contributed by atoms with Gasteiger partial charge in [-0.1, -0.05) is 6.07 Å². The smallest absolute Gasteiger partial charge is 0.433 e. The van der Waals surface area contributed by atoms with Crippen molar-refractivity contribution in [1.29, 1.82) is 0 Å². The van der Waals surface area contributed by atoms with Crippen LogP contribution in [0.1, 0.15) is 43.0 Å². The molecule has 3 aliphatic rings. The fourth-order valence-electron chi connectivity index (χ4n) is 4.27. The van der Waals surface area contributed by atoms with Crippen LogP contribution in [0.15, 0.2) is 30.6 Å². The van der Waals surface area contributed by atoms with Gasteiger partial charge in [-0.25, -0.2) is 9.97 Å². The number of nitrogens with zero attached hydrogens (tertiary/aromatic N) is 5. The molecule has 2 aromatic heterocycles. The average Bonchev–Trinajstić information content (AvgIpc) is 3.54. The SMILES string of the molecule is O=C1CCN(c2cccc(C(F)(F)F)n2)C[C@H]2C[C@H](Oc3cnc(C4CC4)cn3)CN12. The lowest BCUT2D eigenvalue weighted by molar-refractivity contribution is -0.141. The van der Waals surface area contributed by atoms with Crippen LogP contribution in [0.5, 0.6) is 5.88 Å². The van der Waals surface area contributed by atoms with E-state index < -0.39 is 11.9 Å². The number of aromatic nitrogens is 3. The van der Waals surface area contributed by atoms with Crippen LogP contribution in [0.25, 0.3) is 0 Å². The minimum atomic E-state index is -4.51. The summed E-state index contributed by atoms with van der Waals surface area (Å²) in [5.74, 6) is 1.14. The lowest BCUT2D eigenvalue weighted by Gasteiger charge is -2.26. The second kappa shape index (κ2) is 7.65. The summed E-state index contributed by atoms with van der Waals surface area (Å²) in [5.41, 5.74) is 0.0466. The first-order valence-electron chi connectivity index (χ1n) is 10.4. The highest BCUT2D eigenvalue weighted by molar-refractivity contribution is 5.78. The standard InChI is InChI=1S/C21H22F3N5O2/c22-21(23,24)17-2-1-3-18(27-17)28-7-6-20(30)29-12-15(8-14(29)11-28)31-19-10-25-16(9-26-19)13-4-5-13/h1-3,9-10,13-15H,4-8,11-12H2/t14-,15+/m1/s1. The molecule has 2 aromatic rings. The van der Waals surface area contributed by atoms with E-state index in [1.54, 1.807) is 28.3 Å². The first-order chi connectivity index (χ1) is 14.9. The fourth-order valence-corrected chi connectivity index (χ4v) is 4.27. The fraction of sp³-hybridized carbons (Fsp3) is 0.524. The second-order valence-corrected chi connectivity index (χ2v) is 8.30. The van der Waals surface area contributed by atoms with Gasteiger partial charge in [0, 0.05) is 31.8 Å². The lowest BCUT2D eigenvalue weighted by Crippen LogP contribution is -2.39. The molecule has 0 spiro atoms. The molecule has 31 heavy (non-hydrogen) atoms. The number of ether oxygens (including phenoxy) is 1. The molecule has 0 aromatic carbocycles. The maximum absolute atomic E-state index is 13.1. The summed E-state index contributed by atoms with van der Waals surface area (Å²) < 4.78 is 45.1. The Morgan fingerprint density at radius 3 is 2.65 bits per heavy atom. The Morgan fingerprint density at radius 2 is 1.94 bits per heavy atom. The summed E-state index contributed by atoms with van der Waals surface area (Å²) in [6.45, 7) is 1.17. The van der Waals surface area contributed by atoms with Gasteiger partial charge in [0.2, 0.25) is 11.8 Å². The monoisotopic (exact) mass is 433 g/mol. The molecule has 7 nitrogen and oxygen atoms in total. The summed E-state index contributed by atoms with van der Waals surface area (Å²) in [5, 5.41) is 0. The van der Waals surface area contributed by atoms with Gasteiger partial charge >= 0.3 is 6.18 Å². The van der Waals surface area contributed by atoms with Crippen LogP contribution in [0.2, 0.25) is 0 Å². The molecule has 10 heteroatoms. The number of hydrogen-bond acceptors (Lipinski definition) is 6. The third kappa shape index (κ3) is 4.28. The van der Waals surface area contributed by atoms with E-state index in [9.17, 15) is 18.0 Å². The number of pyridine rings is 1. The molecule has 4 heterocycles. The predicted molar refractivity (Wildman–Crippen MR) is 105 cm³/mol. The van der Waals surface area contributed by atoms with Crippen LogP contribution in [0.3, 0.4) is 0 Å². The number of rotatable bonds is 4. The Kier molecular flexibility index (Phi) is 4.94. The van der Waals surface area contributed by atoms with E-state index >= 15 is 0 Å². The predicted octanol–water partition coefficient (Wildman–Crippen LogP) is 3.03. The zero-order chi connectivity index (χ0) is 21.6. The summed E-state index contributed by atoms with van der Waals surface area (Å²) in [4.78, 5) is 28.7. The molecule has 2 aliphatic heterocycles. The number of anilines is 1. The first kappa shape index (κ1) is 20.0. The van der Waals surface area contributed by atoms with Gasteiger partial charge in [-0.15, -0.1) is 0 Å². The number of amides is 1. The van der Waals surface area contributed by atoms with Crippen molar-refractivity contribution in [2.24, 2.45) is 0 Å². The molecule has 2 saturated heterocycles. The number of halogens is 3. The molecule has 1 aliphatic carbocycles. The molecule has 0 N–H and O–H groups in total. The molecular formula is C21H22F3N5O2. The van der Waals surface area contributed by atoms with Crippen LogP contribution in [-0.4, -0.2) is 57.5 Å². The maximum Gasteiger partial charge on any atom is 0.433 e. The van der Waals surface area contributed by atoms with E-state index in [0.717, 1.165) is 24.6 Å². The van der Waals surface area contributed by atoms with Crippen molar-refractivity contribution < 1.29 is 22.7 Å². The molecule has 0 bridgehead atoms. The van der Waals surface area contributed by atoms with E-state index in [2.05, 4.69) is 15.0 Å². The van der Waals surface area contributed by atoms with Crippen molar-refractivity contribution in [2.45, 2.75) is 49.9 Å². The zero-order valence-electron chi connectivity index (χ0n) is 16.8. The molecule has 1 saturated carbocycles. The molecule has 164 valence electrons. The Morgan fingerprint density at radius 1 is 1.10 bits per heavy atom. The van der Waals surface area contributed by atoms with Gasteiger partial charge in [-0.3, -0.25) is 9.78 Å². The minimum Gasteiger partial charge on any atom is -0.471 e. The van der Waals surface area contributed by atoms with Gasteiger partial charge in [0.05, 0.1) is 30.7 Å². The molecule has 0 unspecified atom stereocenters. The number of alkyl halides is 3. The van der Waals surface area contributed by atoms with E-state index in [0.29, 0.717) is 37.9 Å². The Hall–Kier alpha value is -2.91. The van der Waals surface area contributed by atoms with Gasteiger partial charge in [-0.2, -0.15) is 13.2 Å².